The first-order valence-electron chi connectivity index (χ1n) is 21.3. The molecule has 0 aromatic heterocycles. The number of imide groups is 5. The molecule has 0 aromatic rings. The number of unbranched alkanes of at least 4 members (excludes halogenated alkanes) is 9. The van der Waals surface area contributed by atoms with Crippen molar-refractivity contribution in [3.63, 3.8) is 0 Å². The Kier molecular flexibility index (Phi) is 21.7. The van der Waals surface area contributed by atoms with Gasteiger partial charge in [-0.3, -0.25) is 0 Å². The highest BCUT2D eigenvalue weighted by molar-refractivity contribution is 6.06. The molecule has 0 saturated carbocycles. The van der Waals surface area contributed by atoms with Crippen LogP contribution in [0, 0.1) is 0 Å². The van der Waals surface area contributed by atoms with Crippen LogP contribution in [0.2, 0.25) is 0 Å². The minimum absolute atomic E-state index is 0.152. The summed E-state index contributed by atoms with van der Waals surface area (Å²) in [5.41, 5.74) is 0. The zero-order chi connectivity index (χ0) is 43.6. The van der Waals surface area contributed by atoms with Crippen LogP contribution in [0.1, 0.15) is 128 Å². The van der Waals surface area contributed by atoms with Crippen molar-refractivity contribution in [3.05, 3.63) is 0 Å². The third-order valence-corrected chi connectivity index (χ3v) is 11.5. The lowest BCUT2D eigenvalue weighted by atomic mass is 10.1. The molecule has 4 fully saturated rings. The third kappa shape index (κ3) is 12.5. The zero-order valence-electron chi connectivity index (χ0n) is 34.5. The molecule has 60 heavy (non-hydrogen) atoms. The summed E-state index contributed by atoms with van der Waals surface area (Å²) in [6.45, 7) is 2.55. The fraction of sp³-hybridized carbons (Fsp3) is 0.750. The highest BCUT2D eigenvalue weighted by atomic mass is 16.3. The summed E-state index contributed by atoms with van der Waals surface area (Å²) in [6, 6.07) is -2.36. The number of quaternary nitrogens is 2. The molecule has 0 aromatic carbocycles. The van der Waals surface area contributed by atoms with Crippen molar-refractivity contribution in [2.24, 2.45) is 25.0 Å². The average Bonchev–Trinajstić information content (AvgIpc) is 3.61. The first kappa shape index (κ1) is 48.9. The molecule has 326 valence electrons. The van der Waals surface area contributed by atoms with Crippen LogP contribution in [0.25, 0.3) is 0 Å². The van der Waals surface area contributed by atoms with Crippen molar-refractivity contribution in [2.45, 2.75) is 141 Å². The Hall–Kier alpha value is -5.43. The molecule has 20 nitrogen and oxygen atoms in total. The van der Waals surface area contributed by atoms with Gasteiger partial charge in [0.25, 0.3) is 0 Å². The molecule has 4 saturated heterocycles. The van der Waals surface area contributed by atoms with Crippen molar-refractivity contribution in [2.75, 3.05) is 52.4 Å². The van der Waals surface area contributed by atoms with Gasteiger partial charge in [-0.25, -0.2) is 72.7 Å². The molecule has 0 N–H and O–H groups in total. The van der Waals surface area contributed by atoms with Gasteiger partial charge < -0.3 is 0 Å². The predicted octanol–water partition coefficient (Wildman–Crippen LogP) is 6.30. The van der Waals surface area contributed by atoms with Crippen LogP contribution in [-0.2, 0) is 24.0 Å². The Morgan fingerprint density at radius 1 is 0.417 bits per heavy atom. The SMILES string of the molecule is O=C=NCCCCCCN1C(=O)N(CCCCCCN=C=O)C(=O)[N+]2(CCCCCC2N=C=O)C1=O.O=C=NCCCCCCN1C(=O)[N+]2(CCCCCC2N=C=O)C1=O. The molecule has 2 unspecified atom stereocenters. The van der Waals surface area contributed by atoms with Crippen LogP contribution < -0.4 is 0 Å². The summed E-state index contributed by atoms with van der Waals surface area (Å²) in [5, 5.41) is 0. The minimum Gasteiger partial charge on any atom is -0.247 e. The van der Waals surface area contributed by atoms with E-state index in [4.69, 9.17) is 0 Å². The molecule has 2 spiro atoms. The maximum Gasteiger partial charge on any atom is 0.441 e. The molecule has 0 bridgehead atoms. The van der Waals surface area contributed by atoms with Gasteiger partial charge in [0.1, 0.15) is 0 Å². The van der Waals surface area contributed by atoms with E-state index in [1.165, 1.54) is 35.3 Å². The molecule has 0 radical (unpaired) electrons. The van der Waals surface area contributed by atoms with Crippen LogP contribution in [-0.4, -0.2) is 149 Å². The standard InChI is InChI=1S/C24H35N6O6.C16H23N4O4/c31-18-25-13-7-1-3-9-15-28-22(34)29(16-10-4-2-8-14-26-19-32)24(36)30(23(28)35)17-11-5-6-12-21(30)27-20-33;21-12-17-9-5-1-2-6-10-19-15(23)20(16(19)24)11-7-3-4-8-14(20)18-13-22/h21H,1-17H2;14H,1-11H2/q2*+1. The van der Waals surface area contributed by atoms with Gasteiger partial charge in [-0.15, -0.1) is 19.0 Å². The van der Waals surface area contributed by atoms with Crippen molar-refractivity contribution >= 4 is 60.6 Å². The second-order valence-electron chi connectivity index (χ2n) is 15.3. The molecular formula is C40H58N10O10+2. The number of hydrogen-bond donors (Lipinski definition) is 0. The monoisotopic (exact) mass is 838 g/mol. The Labute approximate surface area is 349 Å². The molecular weight excluding hydrogens is 780 g/mol. The Bertz CT molecular complexity index is 1670. The van der Waals surface area contributed by atoms with E-state index in [9.17, 15) is 47.9 Å². The number of isocyanates is 5. The summed E-state index contributed by atoms with van der Waals surface area (Å²) < 4.78 is -1.01. The van der Waals surface area contributed by atoms with E-state index in [0.29, 0.717) is 77.7 Å². The first-order valence-corrected chi connectivity index (χ1v) is 21.3. The van der Waals surface area contributed by atoms with Gasteiger partial charge in [-0.2, -0.15) is 4.90 Å². The first-order chi connectivity index (χ1) is 29.2. The highest BCUT2D eigenvalue weighted by Crippen LogP contribution is 2.37. The van der Waals surface area contributed by atoms with Crippen molar-refractivity contribution in [1.29, 1.82) is 0 Å². The molecule has 2 atom stereocenters. The molecule has 4 heterocycles. The number of nitrogens with zero attached hydrogens (tertiary/aromatic N) is 10. The lowest BCUT2D eigenvalue weighted by Crippen LogP contribution is -2.79. The van der Waals surface area contributed by atoms with E-state index in [1.54, 1.807) is 0 Å². The van der Waals surface area contributed by atoms with Crippen LogP contribution >= 0.6 is 0 Å². The predicted molar refractivity (Wildman–Crippen MR) is 212 cm³/mol. The van der Waals surface area contributed by atoms with Gasteiger partial charge in [-0.1, -0.05) is 38.5 Å². The Morgan fingerprint density at radius 2 is 0.750 bits per heavy atom. The van der Waals surface area contributed by atoms with Gasteiger partial charge in [0, 0.05) is 32.5 Å². The summed E-state index contributed by atoms with van der Waals surface area (Å²) in [5.74, 6) is 0. The highest BCUT2D eigenvalue weighted by Gasteiger charge is 2.67. The van der Waals surface area contributed by atoms with E-state index in [0.717, 1.165) is 93.3 Å². The average molecular weight is 839 g/mol. The van der Waals surface area contributed by atoms with E-state index in [2.05, 4.69) is 25.0 Å². The second-order valence-corrected chi connectivity index (χ2v) is 15.3. The molecule has 0 aliphatic carbocycles. The number of urea groups is 5. The van der Waals surface area contributed by atoms with E-state index < -0.39 is 34.9 Å². The second kappa shape index (κ2) is 26.6. The zero-order valence-corrected chi connectivity index (χ0v) is 34.5. The van der Waals surface area contributed by atoms with Crippen LogP contribution in [0.5, 0.6) is 0 Å². The largest absolute Gasteiger partial charge is 0.441 e. The lowest BCUT2D eigenvalue weighted by Gasteiger charge is -2.46. The smallest absolute Gasteiger partial charge is 0.247 e. The maximum atomic E-state index is 13.7. The fourth-order valence-electron chi connectivity index (χ4n) is 8.33. The lowest BCUT2D eigenvalue weighted by molar-refractivity contribution is -0.825. The van der Waals surface area contributed by atoms with E-state index in [1.807, 2.05) is 0 Å². The van der Waals surface area contributed by atoms with Crippen LogP contribution in [0.15, 0.2) is 25.0 Å². The van der Waals surface area contributed by atoms with Crippen molar-refractivity contribution in [3.8, 4) is 0 Å². The van der Waals surface area contributed by atoms with Gasteiger partial charge in [-0.05, 0) is 77.0 Å². The number of carbonyl (C=O) groups excluding carboxylic acids is 10. The number of hydrogen-bond acceptors (Lipinski definition) is 15. The van der Waals surface area contributed by atoms with Crippen molar-refractivity contribution < 1.29 is 56.9 Å². The third-order valence-electron chi connectivity index (χ3n) is 11.5. The van der Waals surface area contributed by atoms with Crippen LogP contribution in [0.3, 0.4) is 0 Å². The number of amides is 10. The summed E-state index contributed by atoms with van der Waals surface area (Å²) in [6.07, 6.45) is 20.5. The molecule has 10 amide bonds. The summed E-state index contributed by atoms with van der Waals surface area (Å²) in [4.78, 5) is 140. The molecule has 4 aliphatic heterocycles. The van der Waals surface area contributed by atoms with Gasteiger partial charge >= 0.3 is 30.2 Å². The van der Waals surface area contributed by atoms with E-state index >= 15 is 0 Å². The molecule has 20 heteroatoms. The topological polar surface area (TPSA) is 242 Å². The van der Waals surface area contributed by atoms with Crippen molar-refractivity contribution in [1.82, 2.24) is 14.7 Å². The molecule has 4 aliphatic rings. The summed E-state index contributed by atoms with van der Waals surface area (Å²) >= 11 is 0. The number of carbonyl (C=O) groups is 5. The van der Waals surface area contributed by atoms with E-state index in [-0.39, 0.29) is 36.2 Å². The molecule has 4 rings (SSSR count). The van der Waals surface area contributed by atoms with Gasteiger partial charge in [0.2, 0.25) is 42.7 Å². The fourth-order valence-corrected chi connectivity index (χ4v) is 8.33. The summed E-state index contributed by atoms with van der Waals surface area (Å²) in [7, 11) is 0. The number of aliphatic imine (C=N–C) groups is 5. The number of rotatable bonds is 23. The van der Waals surface area contributed by atoms with Gasteiger partial charge in [0.05, 0.1) is 32.7 Å². The van der Waals surface area contributed by atoms with Crippen LogP contribution in [0.4, 0.5) is 24.0 Å². The Balaban J connectivity index is 0.000000347. The van der Waals surface area contributed by atoms with Gasteiger partial charge in [0.15, 0.2) is 0 Å². The quantitative estimate of drug-likeness (QED) is 0.0481. The normalized spacial score (nSPS) is 22.1. The minimum atomic E-state index is -0.898. The Morgan fingerprint density at radius 3 is 1.10 bits per heavy atom. The maximum absolute atomic E-state index is 13.7.